The second-order valence-corrected chi connectivity index (χ2v) is 3.99. The summed E-state index contributed by atoms with van der Waals surface area (Å²) in [7, 11) is 5.12. The Kier molecular flexibility index (Phi) is 3.53. The molecular weight excluding hydrogens is 230 g/mol. The summed E-state index contributed by atoms with van der Waals surface area (Å²) < 4.78 is 12.5. The molecule has 96 valence electrons. The predicted octanol–water partition coefficient (Wildman–Crippen LogP) is 1.56. The highest BCUT2D eigenvalue weighted by Crippen LogP contribution is 2.38. The molecule has 2 aromatic rings. The summed E-state index contributed by atoms with van der Waals surface area (Å²) in [5, 5.41) is 4.17. The van der Waals surface area contributed by atoms with Crippen LogP contribution in [0.3, 0.4) is 0 Å². The van der Waals surface area contributed by atoms with Gasteiger partial charge in [0.25, 0.3) is 0 Å². The molecular formula is C13H17N3O2. The van der Waals surface area contributed by atoms with Gasteiger partial charge < -0.3 is 15.2 Å². The number of methoxy groups -OCH3 is 2. The lowest BCUT2D eigenvalue weighted by Gasteiger charge is -2.13. The van der Waals surface area contributed by atoms with E-state index in [1.54, 1.807) is 25.1 Å². The molecule has 0 aliphatic rings. The molecule has 0 saturated carbocycles. The van der Waals surface area contributed by atoms with Crippen LogP contribution in [0.5, 0.6) is 11.5 Å². The molecule has 1 aromatic heterocycles. The van der Waals surface area contributed by atoms with E-state index in [0.29, 0.717) is 18.0 Å². The van der Waals surface area contributed by atoms with Crippen LogP contribution in [0.4, 0.5) is 0 Å². The Hall–Kier alpha value is -2.01. The number of aromatic nitrogens is 2. The van der Waals surface area contributed by atoms with E-state index in [1.165, 1.54) is 0 Å². The largest absolute Gasteiger partial charge is 0.493 e. The molecule has 5 heteroatoms. The quantitative estimate of drug-likeness (QED) is 0.890. The third-order valence-electron chi connectivity index (χ3n) is 2.79. The van der Waals surface area contributed by atoms with Crippen molar-refractivity contribution in [1.82, 2.24) is 9.78 Å². The highest BCUT2D eigenvalue weighted by atomic mass is 16.5. The van der Waals surface area contributed by atoms with Gasteiger partial charge in [0.15, 0.2) is 11.5 Å². The van der Waals surface area contributed by atoms with Crippen LogP contribution in [0.25, 0.3) is 11.1 Å². The predicted molar refractivity (Wildman–Crippen MR) is 69.6 cm³/mol. The Morgan fingerprint density at radius 1 is 1.28 bits per heavy atom. The standard InChI is InChI=1S/C13H17N3O2/c1-16-8-10(7-15-16)11-4-9(6-14)5-12(17-2)13(11)18-3/h4-5,7-8H,6,14H2,1-3H3. The van der Waals surface area contributed by atoms with E-state index in [9.17, 15) is 0 Å². The van der Waals surface area contributed by atoms with Crippen LogP contribution in [0.2, 0.25) is 0 Å². The first-order valence-electron chi connectivity index (χ1n) is 5.63. The first kappa shape index (κ1) is 12.4. The van der Waals surface area contributed by atoms with Crippen molar-refractivity contribution in [3.05, 3.63) is 30.1 Å². The third kappa shape index (κ3) is 2.17. The Morgan fingerprint density at radius 2 is 2.06 bits per heavy atom. The van der Waals surface area contributed by atoms with Gasteiger partial charge in [0.1, 0.15) is 0 Å². The van der Waals surface area contributed by atoms with Crippen molar-refractivity contribution >= 4 is 0 Å². The fourth-order valence-corrected chi connectivity index (χ4v) is 1.91. The topological polar surface area (TPSA) is 62.3 Å². The van der Waals surface area contributed by atoms with E-state index >= 15 is 0 Å². The van der Waals surface area contributed by atoms with Crippen molar-refractivity contribution < 1.29 is 9.47 Å². The maximum atomic E-state index is 5.70. The second-order valence-electron chi connectivity index (χ2n) is 3.99. The van der Waals surface area contributed by atoms with Gasteiger partial charge in [-0.15, -0.1) is 0 Å². The second kappa shape index (κ2) is 5.10. The summed E-state index contributed by atoms with van der Waals surface area (Å²) in [6.07, 6.45) is 3.72. The molecule has 0 bridgehead atoms. The van der Waals surface area contributed by atoms with E-state index in [4.69, 9.17) is 15.2 Å². The maximum Gasteiger partial charge on any atom is 0.168 e. The number of ether oxygens (including phenoxy) is 2. The Morgan fingerprint density at radius 3 is 2.56 bits per heavy atom. The molecule has 0 radical (unpaired) electrons. The average Bonchev–Trinajstić information content (AvgIpc) is 2.83. The normalized spacial score (nSPS) is 10.4. The van der Waals surface area contributed by atoms with Gasteiger partial charge in [0, 0.05) is 30.9 Å². The summed E-state index contributed by atoms with van der Waals surface area (Å²) in [5.41, 5.74) is 8.60. The molecule has 0 amide bonds. The number of hydrogen-bond acceptors (Lipinski definition) is 4. The maximum absolute atomic E-state index is 5.70. The first-order chi connectivity index (χ1) is 8.69. The zero-order valence-corrected chi connectivity index (χ0v) is 10.8. The minimum atomic E-state index is 0.452. The fourth-order valence-electron chi connectivity index (χ4n) is 1.91. The van der Waals surface area contributed by atoms with Gasteiger partial charge in [-0.05, 0) is 17.7 Å². The summed E-state index contributed by atoms with van der Waals surface area (Å²) in [6, 6.07) is 3.89. The molecule has 18 heavy (non-hydrogen) atoms. The van der Waals surface area contributed by atoms with Gasteiger partial charge in [0.2, 0.25) is 0 Å². The van der Waals surface area contributed by atoms with E-state index < -0.39 is 0 Å². The smallest absolute Gasteiger partial charge is 0.168 e. The minimum absolute atomic E-state index is 0.452. The van der Waals surface area contributed by atoms with Crippen molar-refractivity contribution in [3.63, 3.8) is 0 Å². The number of aryl methyl sites for hydroxylation is 1. The van der Waals surface area contributed by atoms with Gasteiger partial charge in [0.05, 0.1) is 20.4 Å². The van der Waals surface area contributed by atoms with Crippen molar-refractivity contribution in [2.24, 2.45) is 12.8 Å². The summed E-state index contributed by atoms with van der Waals surface area (Å²) >= 11 is 0. The molecule has 0 aliphatic heterocycles. The van der Waals surface area contributed by atoms with E-state index in [2.05, 4.69) is 5.10 Å². The lowest BCUT2D eigenvalue weighted by atomic mass is 10.0. The SMILES string of the molecule is COc1cc(CN)cc(-c2cnn(C)c2)c1OC. The van der Waals surface area contributed by atoms with Gasteiger partial charge >= 0.3 is 0 Å². The van der Waals surface area contributed by atoms with Gasteiger partial charge in [-0.1, -0.05) is 0 Å². The van der Waals surface area contributed by atoms with Crippen LogP contribution in [-0.4, -0.2) is 24.0 Å². The highest BCUT2D eigenvalue weighted by molar-refractivity contribution is 5.74. The number of rotatable bonds is 4. The number of nitrogens with zero attached hydrogens (tertiary/aromatic N) is 2. The lowest BCUT2D eigenvalue weighted by Crippen LogP contribution is -2.00. The van der Waals surface area contributed by atoms with Gasteiger partial charge in [-0.25, -0.2) is 0 Å². The lowest BCUT2D eigenvalue weighted by molar-refractivity contribution is 0.355. The zero-order valence-electron chi connectivity index (χ0n) is 10.8. The van der Waals surface area contributed by atoms with Gasteiger partial charge in [-0.3, -0.25) is 4.68 Å². The summed E-state index contributed by atoms with van der Waals surface area (Å²) in [5.74, 6) is 1.38. The Balaban J connectivity index is 2.63. The molecule has 0 spiro atoms. The molecule has 0 aliphatic carbocycles. The fraction of sp³-hybridized carbons (Fsp3) is 0.308. The molecule has 0 fully saturated rings. The van der Waals surface area contributed by atoms with Crippen molar-refractivity contribution in [2.45, 2.75) is 6.54 Å². The van der Waals surface area contributed by atoms with Crippen molar-refractivity contribution in [3.8, 4) is 22.6 Å². The van der Waals surface area contributed by atoms with Crippen LogP contribution < -0.4 is 15.2 Å². The zero-order chi connectivity index (χ0) is 13.1. The molecule has 0 unspecified atom stereocenters. The van der Waals surface area contributed by atoms with Crippen molar-refractivity contribution in [2.75, 3.05) is 14.2 Å². The summed E-state index contributed by atoms with van der Waals surface area (Å²) in [4.78, 5) is 0. The number of hydrogen-bond donors (Lipinski definition) is 1. The monoisotopic (exact) mass is 247 g/mol. The molecule has 2 N–H and O–H groups in total. The van der Waals surface area contributed by atoms with Crippen LogP contribution in [0.15, 0.2) is 24.5 Å². The molecule has 2 rings (SSSR count). The molecule has 1 aromatic carbocycles. The van der Waals surface area contributed by atoms with Crippen LogP contribution in [-0.2, 0) is 13.6 Å². The molecule has 5 nitrogen and oxygen atoms in total. The van der Waals surface area contributed by atoms with E-state index in [1.807, 2.05) is 25.4 Å². The van der Waals surface area contributed by atoms with Crippen LogP contribution in [0.1, 0.15) is 5.56 Å². The Labute approximate surface area is 106 Å². The molecule has 0 saturated heterocycles. The summed E-state index contributed by atoms with van der Waals surface area (Å²) in [6.45, 7) is 0.452. The van der Waals surface area contributed by atoms with Crippen molar-refractivity contribution in [1.29, 1.82) is 0 Å². The molecule has 0 atom stereocenters. The van der Waals surface area contributed by atoms with Crippen LogP contribution >= 0.6 is 0 Å². The minimum Gasteiger partial charge on any atom is -0.493 e. The number of benzene rings is 1. The molecule has 1 heterocycles. The first-order valence-corrected chi connectivity index (χ1v) is 5.63. The van der Waals surface area contributed by atoms with E-state index in [0.717, 1.165) is 16.7 Å². The third-order valence-corrected chi connectivity index (χ3v) is 2.79. The number of nitrogens with two attached hydrogens (primary N) is 1. The Bertz CT molecular complexity index is 549. The van der Waals surface area contributed by atoms with Crippen LogP contribution in [0, 0.1) is 0 Å². The van der Waals surface area contributed by atoms with E-state index in [-0.39, 0.29) is 0 Å². The highest BCUT2D eigenvalue weighted by Gasteiger charge is 2.14. The average molecular weight is 247 g/mol. The van der Waals surface area contributed by atoms with Gasteiger partial charge in [-0.2, -0.15) is 5.10 Å².